The Morgan fingerprint density at radius 3 is 2.62 bits per heavy atom. The lowest BCUT2D eigenvalue weighted by Crippen LogP contribution is -2.56. The minimum Gasteiger partial charge on any atom is -0.394 e. The van der Waals surface area contributed by atoms with E-state index in [0.29, 0.717) is 63.0 Å². The Labute approximate surface area is 185 Å². The molecule has 2 fully saturated rings. The molecule has 0 unspecified atom stereocenters. The monoisotopic (exact) mass is 445 g/mol. The van der Waals surface area contributed by atoms with Gasteiger partial charge in [-0.3, -0.25) is 4.79 Å². The summed E-state index contributed by atoms with van der Waals surface area (Å²) in [7, 11) is 0. The normalized spacial score (nSPS) is 21.5. The third-order valence-electron chi connectivity index (χ3n) is 5.90. The number of halogens is 1. The van der Waals surface area contributed by atoms with Gasteiger partial charge in [0.25, 0.3) is 0 Å². The van der Waals surface area contributed by atoms with Gasteiger partial charge in [0.05, 0.1) is 25.4 Å². The Kier molecular flexibility index (Phi) is 6.47. The fraction of sp³-hybridized carbons (Fsp3) is 0.571. The van der Waals surface area contributed by atoms with Gasteiger partial charge in [0, 0.05) is 51.1 Å². The number of aliphatic hydroxyl groups excluding tert-OH is 1. The van der Waals surface area contributed by atoms with Gasteiger partial charge in [-0.05, 0) is 19.8 Å². The van der Waals surface area contributed by atoms with Gasteiger partial charge < -0.3 is 25.0 Å². The molecule has 1 amide bonds. The number of rotatable bonds is 5. The molecular formula is C21H28FN7O3. The average Bonchev–Trinajstić information content (AvgIpc) is 2.82. The highest BCUT2D eigenvalue weighted by Crippen LogP contribution is 2.31. The average molecular weight is 445 g/mol. The van der Waals surface area contributed by atoms with Crippen molar-refractivity contribution < 1.29 is 19.0 Å². The van der Waals surface area contributed by atoms with Crippen LogP contribution in [-0.2, 0) is 9.53 Å². The number of carbonyl (C=O) groups excluding carboxylic acids is 1. The standard InChI is InChI=1S/C21H28FN7O3/c1-14-23-10-16(11-24-14)18-17(22)19(26-20(25-18)28-6-8-32-9-7-28)27-21(13-30)4-3-5-29(12-21)15(2)31/h10-11,30H,3-9,12-13H2,1-2H3,(H,25,26,27)/t21-/m1/s1. The lowest BCUT2D eigenvalue weighted by molar-refractivity contribution is -0.131. The van der Waals surface area contributed by atoms with Crippen molar-refractivity contribution >= 4 is 17.7 Å². The van der Waals surface area contributed by atoms with Gasteiger partial charge in [0.2, 0.25) is 11.9 Å². The van der Waals surface area contributed by atoms with E-state index in [0.717, 1.165) is 0 Å². The Balaban J connectivity index is 1.75. The lowest BCUT2D eigenvalue weighted by Gasteiger charge is -2.42. The molecule has 0 radical (unpaired) electrons. The van der Waals surface area contributed by atoms with Gasteiger partial charge in [0.1, 0.15) is 11.5 Å². The maximum atomic E-state index is 15.7. The third-order valence-corrected chi connectivity index (χ3v) is 5.90. The van der Waals surface area contributed by atoms with E-state index in [4.69, 9.17) is 4.74 Å². The Morgan fingerprint density at radius 2 is 1.97 bits per heavy atom. The third kappa shape index (κ3) is 4.63. The van der Waals surface area contributed by atoms with E-state index in [1.165, 1.54) is 19.3 Å². The molecule has 0 spiro atoms. The molecule has 0 bridgehead atoms. The van der Waals surface area contributed by atoms with Crippen LogP contribution in [0.5, 0.6) is 0 Å². The Bertz CT molecular complexity index is 969. The molecular weight excluding hydrogens is 417 g/mol. The number of hydrogen-bond donors (Lipinski definition) is 2. The zero-order valence-electron chi connectivity index (χ0n) is 18.3. The number of hydrogen-bond acceptors (Lipinski definition) is 9. The number of aryl methyl sites for hydroxylation is 1. The molecule has 2 aromatic rings. The smallest absolute Gasteiger partial charge is 0.228 e. The summed E-state index contributed by atoms with van der Waals surface area (Å²) in [6.45, 7) is 6.06. The van der Waals surface area contributed by atoms with Crippen LogP contribution in [0.25, 0.3) is 11.3 Å². The van der Waals surface area contributed by atoms with E-state index >= 15 is 4.39 Å². The van der Waals surface area contributed by atoms with Crippen molar-refractivity contribution in [2.45, 2.75) is 32.2 Å². The first kappa shape index (κ1) is 22.3. The summed E-state index contributed by atoms with van der Waals surface area (Å²) in [5.41, 5.74) is -0.390. The highest BCUT2D eigenvalue weighted by molar-refractivity contribution is 5.73. The van der Waals surface area contributed by atoms with Gasteiger partial charge in [-0.1, -0.05) is 0 Å². The van der Waals surface area contributed by atoms with Gasteiger partial charge in [-0.15, -0.1) is 0 Å². The number of nitrogens with one attached hydrogen (secondary N) is 1. The van der Waals surface area contributed by atoms with Crippen LogP contribution in [0.1, 0.15) is 25.6 Å². The van der Waals surface area contributed by atoms with E-state index in [1.807, 2.05) is 4.90 Å². The second-order valence-corrected chi connectivity index (χ2v) is 8.26. The van der Waals surface area contributed by atoms with Gasteiger partial charge in [-0.25, -0.2) is 19.3 Å². The number of carbonyl (C=O) groups is 1. The maximum Gasteiger partial charge on any atom is 0.228 e. The molecule has 10 nitrogen and oxygen atoms in total. The fourth-order valence-electron chi connectivity index (χ4n) is 4.05. The highest BCUT2D eigenvalue weighted by atomic mass is 19.1. The summed E-state index contributed by atoms with van der Waals surface area (Å²) in [5, 5.41) is 13.3. The van der Waals surface area contributed by atoms with E-state index in [2.05, 4.69) is 25.3 Å². The minimum atomic E-state index is -0.900. The maximum absolute atomic E-state index is 15.7. The van der Waals surface area contributed by atoms with E-state index in [1.54, 1.807) is 11.8 Å². The summed E-state index contributed by atoms with van der Waals surface area (Å²) < 4.78 is 21.1. The summed E-state index contributed by atoms with van der Waals surface area (Å²) in [6.07, 6.45) is 4.32. The number of piperidine rings is 1. The number of aliphatic hydroxyl groups is 1. The molecule has 4 rings (SSSR count). The van der Waals surface area contributed by atoms with Crippen LogP contribution < -0.4 is 10.2 Å². The van der Waals surface area contributed by atoms with Crippen LogP contribution >= 0.6 is 0 Å². The number of amides is 1. The van der Waals surface area contributed by atoms with E-state index in [9.17, 15) is 9.90 Å². The summed E-state index contributed by atoms with van der Waals surface area (Å²) in [6, 6.07) is 0. The SMILES string of the molecule is CC(=O)N1CCC[C@@](CO)(Nc2nc(N3CCOCC3)nc(-c3cnc(C)nc3)c2F)C1. The van der Waals surface area contributed by atoms with E-state index in [-0.39, 0.29) is 30.6 Å². The van der Waals surface area contributed by atoms with Gasteiger partial charge in [-0.2, -0.15) is 4.98 Å². The molecule has 0 aromatic carbocycles. The molecule has 172 valence electrons. The second kappa shape index (κ2) is 9.29. The number of ether oxygens (including phenoxy) is 1. The van der Waals surface area contributed by atoms with Crippen LogP contribution in [-0.4, -0.2) is 87.4 Å². The number of nitrogens with zero attached hydrogens (tertiary/aromatic N) is 6. The van der Waals surface area contributed by atoms with Crippen LogP contribution in [0, 0.1) is 12.7 Å². The van der Waals surface area contributed by atoms with Crippen LogP contribution in [0.4, 0.5) is 16.2 Å². The first-order valence-electron chi connectivity index (χ1n) is 10.7. The summed E-state index contributed by atoms with van der Waals surface area (Å²) in [4.78, 5) is 32.8. The lowest BCUT2D eigenvalue weighted by atomic mass is 9.89. The van der Waals surface area contributed by atoms with Crippen molar-refractivity contribution in [3.05, 3.63) is 24.0 Å². The van der Waals surface area contributed by atoms with E-state index < -0.39 is 11.4 Å². The topological polar surface area (TPSA) is 117 Å². The second-order valence-electron chi connectivity index (χ2n) is 8.26. The predicted molar refractivity (Wildman–Crippen MR) is 116 cm³/mol. The Morgan fingerprint density at radius 1 is 1.25 bits per heavy atom. The van der Waals surface area contributed by atoms with Crippen molar-refractivity contribution in [1.82, 2.24) is 24.8 Å². The molecule has 1 atom stereocenters. The molecule has 0 saturated carbocycles. The number of anilines is 2. The van der Waals surface area contributed by atoms with Gasteiger partial charge in [0.15, 0.2) is 11.6 Å². The first-order chi connectivity index (χ1) is 15.4. The molecule has 2 saturated heterocycles. The zero-order chi connectivity index (χ0) is 22.7. The zero-order valence-corrected chi connectivity index (χ0v) is 18.3. The van der Waals surface area contributed by atoms with Crippen molar-refractivity contribution in [2.75, 3.05) is 56.2 Å². The van der Waals surface area contributed by atoms with Crippen molar-refractivity contribution in [3.63, 3.8) is 0 Å². The molecule has 4 heterocycles. The van der Waals surface area contributed by atoms with Crippen LogP contribution in [0.3, 0.4) is 0 Å². The molecule has 2 aliphatic heterocycles. The summed E-state index contributed by atoms with van der Waals surface area (Å²) >= 11 is 0. The van der Waals surface area contributed by atoms with Crippen LogP contribution in [0.2, 0.25) is 0 Å². The molecule has 2 aliphatic rings. The Hall–Kier alpha value is -2.92. The van der Waals surface area contributed by atoms with Crippen LogP contribution in [0.15, 0.2) is 12.4 Å². The molecule has 2 N–H and O–H groups in total. The fourth-order valence-corrected chi connectivity index (χ4v) is 4.05. The predicted octanol–water partition coefficient (Wildman–Crippen LogP) is 1.00. The van der Waals surface area contributed by atoms with Crippen molar-refractivity contribution in [3.8, 4) is 11.3 Å². The number of likely N-dealkylation sites (tertiary alicyclic amines) is 1. The minimum absolute atomic E-state index is 0.0171. The quantitative estimate of drug-likeness (QED) is 0.695. The molecule has 2 aromatic heterocycles. The first-order valence-corrected chi connectivity index (χ1v) is 10.7. The number of morpholine rings is 1. The summed E-state index contributed by atoms with van der Waals surface area (Å²) in [5.74, 6) is 0.179. The van der Waals surface area contributed by atoms with Crippen molar-refractivity contribution in [2.24, 2.45) is 0 Å². The highest BCUT2D eigenvalue weighted by Gasteiger charge is 2.37. The van der Waals surface area contributed by atoms with Gasteiger partial charge >= 0.3 is 0 Å². The largest absolute Gasteiger partial charge is 0.394 e. The van der Waals surface area contributed by atoms with Crippen molar-refractivity contribution in [1.29, 1.82) is 0 Å². The molecule has 0 aliphatic carbocycles. The number of aromatic nitrogens is 4. The molecule has 32 heavy (non-hydrogen) atoms. The molecule has 11 heteroatoms.